The summed E-state index contributed by atoms with van der Waals surface area (Å²) in [4.78, 5) is 21.6. The van der Waals surface area contributed by atoms with E-state index in [-0.39, 0.29) is 5.69 Å². The fraction of sp³-hybridized carbons (Fsp3) is 0.133. The van der Waals surface area contributed by atoms with Crippen molar-refractivity contribution in [1.29, 1.82) is 0 Å². The number of nitrogens with one attached hydrogen (secondary N) is 1. The van der Waals surface area contributed by atoms with Gasteiger partial charge in [-0.05, 0) is 24.6 Å². The number of hydrazine groups is 1. The van der Waals surface area contributed by atoms with Crippen molar-refractivity contribution in [2.45, 2.75) is 11.8 Å². The highest BCUT2D eigenvalue weighted by atomic mass is 32.2. The molecule has 0 aromatic heterocycles. The molecule has 0 unspecified atom stereocenters. The first-order valence-electron chi connectivity index (χ1n) is 7.10. The molecular weight excluding hydrogens is 348 g/mol. The molecule has 3 N–H and O–H groups in total. The van der Waals surface area contributed by atoms with Crippen LogP contribution in [0.5, 0.6) is 0 Å². The van der Waals surface area contributed by atoms with Crippen LogP contribution in [0.1, 0.15) is 5.56 Å². The molecule has 0 aliphatic rings. The summed E-state index contributed by atoms with van der Waals surface area (Å²) in [5.74, 6) is 4.31. The maximum Gasteiger partial charge on any atom is 0.289 e. The van der Waals surface area contributed by atoms with Crippen LogP contribution < -0.4 is 15.6 Å². The molecule has 2 aromatic rings. The maximum absolute atomic E-state index is 13.1. The Labute approximate surface area is 144 Å². The van der Waals surface area contributed by atoms with E-state index in [0.717, 1.165) is 16.4 Å². The number of anilines is 1. The van der Waals surface area contributed by atoms with Gasteiger partial charge in [-0.25, -0.2) is 14.3 Å². The first kappa shape index (κ1) is 18.4. The first-order chi connectivity index (χ1) is 11.8. The minimum Gasteiger partial charge on any atom is -0.293 e. The number of sulfonamides is 1. The Hall–Kier alpha value is -2.98. The van der Waals surface area contributed by atoms with Crippen LogP contribution in [-0.2, 0) is 14.8 Å². The summed E-state index contributed by atoms with van der Waals surface area (Å²) in [6.45, 7) is 1.05. The number of hydrogen-bond acceptors (Lipinski definition) is 6. The third-order valence-electron chi connectivity index (χ3n) is 3.46. The lowest BCUT2D eigenvalue weighted by Gasteiger charge is -2.25. The molecule has 1 amide bonds. The van der Waals surface area contributed by atoms with Crippen LogP contribution in [0.15, 0.2) is 53.4 Å². The van der Waals surface area contributed by atoms with Gasteiger partial charge in [0.2, 0.25) is 0 Å². The molecule has 10 heteroatoms. The van der Waals surface area contributed by atoms with E-state index in [0.29, 0.717) is 5.56 Å². The third-order valence-corrected chi connectivity index (χ3v) is 5.27. The van der Waals surface area contributed by atoms with Crippen LogP contribution in [0.3, 0.4) is 0 Å². The van der Waals surface area contributed by atoms with Crippen molar-refractivity contribution in [3.63, 3.8) is 0 Å². The van der Waals surface area contributed by atoms with Gasteiger partial charge in [0.15, 0.2) is 4.90 Å². The molecule has 0 saturated carbocycles. The van der Waals surface area contributed by atoms with Crippen molar-refractivity contribution in [2.75, 3.05) is 10.8 Å². The number of carbonyl (C=O) groups excluding carboxylic acids is 1. The molecule has 0 saturated heterocycles. The van der Waals surface area contributed by atoms with E-state index < -0.39 is 38.0 Å². The second kappa shape index (κ2) is 7.28. The van der Waals surface area contributed by atoms with Gasteiger partial charge in [-0.2, -0.15) is 0 Å². The van der Waals surface area contributed by atoms with Gasteiger partial charge in [-0.1, -0.05) is 30.3 Å². The highest BCUT2D eigenvalue weighted by Crippen LogP contribution is 2.31. The molecule has 25 heavy (non-hydrogen) atoms. The molecular formula is C15H16N4O5S. The topological polar surface area (TPSA) is 136 Å². The van der Waals surface area contributed by atoms with E-state index in [1.165, 1.54) is 18.2 Å². The van der Waals surface area contributed by atoms with Crippen molar-refractivity contribution in [2.24, 2.45) is 5.84 Å². The number of hydrogen-bond donors (Lipinski definition) is 2. The highest BCUT2D eigenvalue weighted by molar-refractivity contribution is 7.93. The fourth-order valence-corrected chi connectivity index (χ4v) is 3.91. The van der Waals surface area contributed by atoms with E-state index in [1.807, 2.05) is 5.43 Å². The number of nitro groups is 1. The van der Waals surface area contributed by atoms with E-state index in [4.69, 9.17) is 5.84 Å². The second-order valence-corrected chi connectivity index (χ2v) is 6.92. The zero-order chi connectivity index (χ0) is 18.6. The summed E-state index contributed by atoms with van der Waals surface area (Å²) in [7, 11) is -4.38. The quantitative estimate of drug-likeness (QED) is 0.341. The molecule has 0 atom stereocenters. The highest BCUT2D eigenvalue weighted by Gasteiger charge is 2.33. The Morgan fingerprint density at radius 2 is 1.80 bits per heavy atom. The molecule has 132 valence electrons. The standard InChI is InChI=1S/C15H16N4O5S/c1-11-6-2-3-7-12(11)18(10-15(20)17-16)25(23,24)14-9-5-4-8-13(14)19(21)22/h2-9H,10,16H2,1H3,(H,17,20). The van der Waals surface area contributed by atoms with Gasteiger partial charge in [-0.15, -0.1) is 0 Å². The number of rotatable bonds is 6. The van der Waals surface area contributed by atoms with Crippen molar-refractivity contribution in [3.05, 3.63) is 64.2 Å². The van der Waals surface area contributed by atoms with E-state index >= 15 is 0 Å². The predicted octanol–water partition coefficient (Wildman–Crippen LogP) is 1.09. The average Bonchev–Trinajstić information content (AvgIpc) is 2.60. The van der Waals surface area contributed by atoms with Gasteiger partial charge in [0.25, 0.3) is 21.6 Å². The van der Waals surface area contributed by atoms with Gasteiger partial charge in [0.05, 0.1) is 10.6 Å². The van der Waals surface area contributed by atoms with Crippen LogP contribution in [-0.4, -0.2) is 25.8 Å². The summed E-state index contributed by atoms with van der Waals surface area (Å²) in [5.41, 5.74) is 2.10. The van der Waals surface area contributed by atoms with Crippen molar-refractivity contribution < 1.29 is 18.1 Å². The summed E-state index contributed by atoms with van der Waals surface area (Å²) in [6.07, 6.45) is 0. The molecule has 0 radical (unpaired) electrons. The summed E-state index contributed by atoms with van der Waals surface area (Å²) >= 11 is 0. The lowest BCUT2D eigenvalue weighted by atomic mass is 10.2. The molecule has 0 heterocycles. The number of nitro benzene ring substituents is 1. The number of nitrogens with zero attached hydrogens (tertiary/aromatic N) is 2. The first-order valence-corrected chi connectivity index (χ1v) is 8.54. The van der Waals surface area contributed by atoms with Crippen LogP contribution in [0.4, 0.5) is 11.4 Å². The van der Waals surface area contributed by atoms with Crippen LogP contribution in [0.25, 0.3) is 0 Å². The Morgan fingerprint density at radius 1 is 1.20 bits per heavy atom. The van der Waals surface area contributed by atoms with Gasteiger partial charge in [0.1, 0.15) is 6.54 Å². The summed E-state index contributed by atoms with van der Waals surface area (Å²) in [5, 5.41) is 11.2. The summed E-state index contributed by atoms with van der Waals surface area (Å²) < 4.78 is 26.9. The minimum atomic E-state index is -4.38. The Morgan fingerprint density at radius 3 is 2.40 bits per heavy atom. The molecule has 0 bridgehead atoms. The number of benzene rings is 2. The van der Waals surface area contributed by atoms with E-state index in [9.17, 15) is 23.3 Å². The molecule has 0 fully saturated rings. The monoisotopic (exact) mass is 364 g/mol. The second-order valence-electron chi connectivity index (χ2n) is 5.09. The van der Waals surface area contributed by atoms with Crippen molar-refractivity contribution >= 4 is 27.3 Å². The fourth-order valence-electron chi connectivity index (χ4n) is 2.26. The molecule has 0 aliphatic carbocycles. The molecule has 2 rings (SSSR count). The van der Waals surface area contributed by atoms with Crippen molar-refractivity contribution in [1.82, 2.24) is 5.43 Å². The minimum absolute atomic E-state index is 0.226. The third kappa shape index (κ3) is 3.75. The van der Waals surface area contributed by atoms with Gasteiger partial charge >= 0.3 is 0 Å². The lowest BCUT2D eigenvalue weighted by Crippen LogP contribution is -2.43. The van der Waals surface area contributed by atoms with Gasteiger partial charge in [-0.3, -0.25) is 24.6 Å². The van der Waals surface area contributed by atoms with E-state index in [1.54, 1.807) is 25.1 Å². The number of nitrogens with two attached hydrogens (primary N) is 1. The van der Waals surface area contributed by atoms with Gasteiger partial charge < -0.3 is 0 Å². The Bertz CT molecular complexity index is 914. The smallest absolute Gasteiger partial charge is 0.289 e. The van der Waals surface area contributed by atoms with Crippen LogP contribution in [0, 0.1) is 17.0 Å². The predicted molar refractivity (Wildman–Crippen MR) is 91.1 cm³/mol. The number of para-hydroxylation sites is 2. The van der Waals surface area contributed by atoms with E-state index in [2.05, 4.69) is 0 Å². The molecule has 2 aromatic carbocycles. The molecule has 9 nitrogen and oxygen atoms in total. The van der Waals surface area contributed by atoms with Crippen LogP contribution in [0.2, 0.25) is 0 Å². The Balaban J connectivity index is 2.67. The zero-order valence-electron chi connectivity index (χ0n) is 13.2. The van der Waals surface area contributed by atoms with Crippen LogP contribution >= 0.6 is 0 Å². The maximum atomic E-state index is 13.1. The number of aryl methyl sites for hydroxylation is 1. The number of amides is 1. The lowest BCUT2D eigenvalue weighted by molar-refractivity contribution is -0.387. The normalized spacial score (nSPS) is 11.0. The number of carbonyl (C=O) groups is 1. The molecule has 0 spiro atoms. The average molecular weight is 364 g/mol. The van der Waals surface area contributed by atoms with Gasteiger partial charge in [0, 0.05) is 6.07 Å². The Kier molecular flexibility index (Phi) is 5.35. The largest absolute Gasteiger partial charge is 0.293 e. The SMILES string of the molecule is Cc1ccccc1N(CC(=O)NN)S(=O)(=O)c1ccccc1[N+](=O)[O-]. The van der Waals surface area contributed by atoms with Crippen molar-refractivity contribution in [3.8, 4) is 0 Å². The zero-order valence-corrected chi connectivity index (χ0v) is 14.1. The summed E-state index contributed by atoms with van der Waals surface area (Å²) in [6, 6.07) is 11.4. The molecule has 0 aliphatic heterocycles.